The van der Waals surface area contributed by atoms with Crippen LogP contribution in [0.4, 0.5) is 0 Å². The molecule has 0 aliphatic carbocycles. The van der Waals surface area contributed by atoms with Gasteiger partial charge in [0.25, 0.3) is 0 Å². The van der Waals surface area contributed by atoms with Gasteiger partial charge in [-0.25, -0.2) is 0 Å². The fourth-order valence-corrected chi connectivity index (χ4v) is 2.45. The molecule has 2 unspecified atom stereocenters. The molecule has 1 aromatic rings. The molecule has 19 heavy (non-hydrogen) atoms. The molecular weight excluding hydrogens is 306 g/mol. The Kier molecular flexibility index (Phi) is 6.31. The first-order valence-electron chi connectivity index (χ1n) is 6.99. The minimum absolute atomic E-state index is 0.103. The van der Waals surface area contributed by atoms with Gasteiger partial charge < -0.3 is 14.8 Å². The molecule has 1 fully saturated rings. The topological polar surface area (TPSA) is 30.5 Å². The second kappa shape index (κ2) is 8.00. The Labute approximate surface area is 123 Å². The predicted octanol–water partition coefficient (Wildman–Crippen LogP) is 3.30. The van der Waals surface area contributed by atoms with E-state index in [2.05, 4.69) is 52.4 Å². The van der Waals surface area contributed by atoms with Crippen LogP contribution in [0.25, 0.3) is 0 Å². The Morgan fingerprint density at radius 1 is 1.42 bits per heavy atom. The molecule has 2 rings (SSSR count). The molecular formula is C15H22BrNO2. The SMILES string of the molecule is CCCNCC(OC1CCOC1)c1ccc(Br)cc1. The fraction of sp³-hybridized carbons (Fsp3) is 0.600. The maximum atomic E-state index is 6.18. The summed E-state index contributed by atoms with van der Waals surface area (Å²) >= 11 is 3.47. The van der Waals surface area contributed by atoms with Crippen LogP contribution in [0.2, 0.25) is 0 Å². The van der Waals surface area contributed by atoms with E-state index in [9.17, 15) is 0 Å². The van der Waals surface area contributed by atoms with Gasteiger partial charge in [0.15, 0.2) is 0 Å². The normalized spacial score (nSPS) is 20.6. The highest BCUT2D eigenvalue weighted by Crippen LogP contribution is 2.23. The number of nitrogens with one attached hydrogen (secondary N) is 1. The van der Waals surface area contributed by atoms with Crippen LogP contribution < -0.4 is 5.32 Å². The molecule has 0 spiro atoms. The van der Waals surface area contributed by atoms with Crippen molar-refractivity contribution >= 4 is 15.9 Å². The standard InChI is InChI=1S/C15H22BrNO2/c1-2-8-17-10-15(19-14-7-9-18-11-14)12-3-5-13(16)6-4-12/h3-6,14-15,17H,2,7-11H2,1H3. The molecule has 0 radical (unpaired) electrons. The van der Waals surface area contributed by atoms with E-state index in [1.54, 1.807) is 0 Å². The van der Waals surface area contributed by atoms with Crippen molar-refractivity contribution in [2.75, 3.05) is 26.3 Å². The van der Waals surface area contributed by atoms with Crippen LogP contribution in [-0.4, -0.2) is 32.4 Å². The summed E-state index contributed by atoms with van der Waals surface area (Å²) in [5.74, 6) is 0. The molecule has 2 atom stereocenters. The molecule has 1 heterocycles. The third kappa shape index (κ3) is 4.88. The molecule has 1 aromatic carbocycles. The molecule has 106 valence electrons. The van der Waals surface area contributed by atoms with E-state index in [4.69, 9.17) is 9.47 Å². The van der Waals surface area contributed by atoms with E-state index in [0.29, 0.717) is 0 Å². The summed E-state index contributed by atoms with van der Waals surface area (Å²) in [6.45, 7) is 5.59. The van der Waals surface area contributed by atoms with E-state index < -0.39 is 0 Å². The van der Waals surface area contributed by atoms with Gasteiger partial charge in [-0.2, -0.15) is 0 Å². The minimum Gasteiger partial charge on any atom is -0.379 e. The zero-order valence-corrected chi connectivity index (χ0v) is 13.0. The van der Waals surface area contributed by atoms with Gasteiger partial charge in [-0.15, -0.1) is 0 Å². The van der Waals surface area contributed by atoms with Crippen LogP contribution >= 0.6 is 15.9 Å². The van der Waals surface area contributed by atoms with Crippen LogP contribution in [0.1, 0.15) is 31.4 Å². The van der Waals surface area contributed by atoms with Crippen molar-refractivity contribution in [3.8, 4) is 0 Å². The van der Waals surface area contributed by atoms with Gasteiger partial charge in [0.2, 0.25) is 0 Å². The van der Waals surface area contributed by atoms with Gasteiger partial charge in [-0.3, -0.25) is 0 Å². The first-order chi connectivity index (χ1) is 9.29. The van der Waals surface area contributed by atoms with Gasteiger partial charge in [0.1, 0.15) is 0 Å². The quantitative estimate of drug-likeness (QED) is 0.779. The van der Waals surface area contributed by atoms with E-state index in [-0.39, 0.29) is 12.2 Å². The monoisotopic (exact) mass is 327 g/mol. The van der Waals surface area contributed by atoms with Crippen molar-refractivity contribution < 1.29 is 9.47 Å². The minimum atomic E-state index is 0.103. The van der Waals surface area contributed by atoms with Crippen LogP contribution in [0.3, 0.4) is 0 Å². The van der Waals surface area contributed by atoms with Gasteiger partial charge >= 0.3 is 0 Å². The van der Waals surface area contributed by atoms with Gasteiger partial charge in [0.05, 0.1) is 18.8 Å². The van der Waals surface area contributed by atoms with Gasteiger partial charge in [-0.05, 0) is 37.1 Å². The van der Waals surface area contributed by atoms with E-state index in [0.717, 1.165) is 43.6 Å². The number of benzene rings is 1. The highest BCUT2D eigenvalue weighted by Gasteiger charge is 2.22. The maximum Gasteiger partial charge on any atom is 0.0954 e. The van der Waals surface area contributed by atoms with Crippen LogP contribution in [0.5, 0.6) is 0 Å². The molecule has 0 bridgehead atoms. The molecule has 0 aromatic heterocycles. The molecule has 1 aliphatic heterocycles. The van der Waals surface area contributed by atoms with Crippen molar-refractivity contribution in [3.05, 3.63) is 34.3 Å². The summed E-state index contributed by atoms with van der Waals surface area (Å²) in [7, 11) is 0. The third-order valence-electron chi connectivity index (χ3n) is 3.24. The summed E-state index contributed by atoms with van der Waals surface area (Å²) in [6.07, 6.45) is 2.48. The molecule has 1 N–H and O–H groups in total. The Balaban J connectivity index is 1.97. The summed E-state index contributed by atoms with van der Waals surface area (Å²) in [5, 5.41) is 3.44. The largest absolute Gasteiger partial charge is 0.379 e. The zero-order valence-electron chi connectivity index (χ0n) is 11.4. The second-order valence-electron chi connectivity index (χ2n) is 4.87. The van der Waals surface area contributed by atoms with Crippen LogP contribution in [0, 0.1) is 0 Å². The van der Waals surface area contributed by atoms with Crippen molar-refractivity contribution in [2.45, 2.75) is 32.0 Å². The van der Waals surface area contributed by atoms with E-state index in [1.165, 1.54) is 5.56 Å². The predicted molar refractivity (Wildman–Crippen MR) is 80.4 cm³/mol. The Morgan fingerprint density at radius 3 is 2.84 bits per heavy atom. The lowest BCUT2D eigenvalue weighted by molar-refractivity contribution is -0.0163. The van der Waals surface area contributed by atoms with E-state index >= 15 is 0 Å². The Morgan fingerprint density at radius 2 is 2.21 bits per heavy atom. The number of hydrogen-bond acceptors (Lipinski definition) is 3. The fourth-order valence-electron chi connectivity index (χ4n) is 2.18. The second-order valence-corrected chi connectivity index (χ2v) is 5.78. The number of halogens is 1. The van der Waals surface area contributed by atoms with Crippen molar-refractivity contribution in [1.82, 2.24) is 5.32 Å². The first-order valence-corrected chi connectivity index (χ1v) is 7.78. The smallest absolute Gasteiger partial charge is 0.0954 e. The molecule has 3 nitrogen and oxygen atoms in total. The number of hydrogen-bond donors (Lipinski definition) is 1. The summed E-state index contributed by atoms with van der Waals surface area (Å²) in [5.41, 5.74) is 1.22. The first kappa shape index (κ1) is 15.0. The van der Waals surface area contributed by atoms with Gasteiger partial charge in [0, 0.05) is 17.6 Å². The number of rotatable bonds is 7. The third-order valence-corrected chi connectivity index (χ3v) is 3.77. The average molecular weight is 328 g/mol. The maximum absolute atomic E-state index is 6.18. The van der Waals surface area contributed by atoms with Crippen molar-refractivity contribution in [1.29, 1.82) is 0 Å². The van der Waals surface area contributed by atoms with Crippen LogP contribution in [-0.2, 0) is 9.47 Å². The lowest BCUT2D eigenvalue weighted by atomic mass is 10.1. The average Bonchev–Trinajstić information content (AvgIpc) is 2.92. The highest BCUT2D eigenvalue weighted by atomic mass is 79.9. The Bertz CT molecular complexity index is 363. The Hall–Kier alpha value is -0.420. The molecule has 1 aliphatic rings. The molecule has 4 heteroatoms. The zero-order chi connectivity index (χ0) is 13.5. The number of ether oxygens (including phenoxy) is 2. The summed E-state index contributed by atoms with van der Waals surface area (Å²) in [6, 6.07) is 8.38. The summed E-state index contributed by atoms with van der Waals surface area (Å²) in [4.78, 5) is 0. The van der Waals surface area contributed by atoms with Crippen molar-refractivity contribution in [3.63, 3.8) is 0 Å². The lowest BCUT2D eigenvalue weighted by Gasteiger charge is -2.22. The van der Waals surface area contributed by atoms with E-state index in [1.807, 2.05) is 0 Å². The lowest BCUT2D eigenvalue weighted by Crippen LogP contribution is -2.27. The highest BCUT2D eigenvalue weighted by molar-refractivity contribution is 9.10. The molecule has 1 saturated heterocycles. The summed E-state index contributed by atoms with van der Waals surface area (Å²) < 4.78 is 12.7. The van der Waals surface area contributed by atoms with Crippen LogP contribution in [0.15, 0.2) is 28.7 Å². The van der Waals surface area contributed by atoms with Crippen molar-refractivity contribution in [2.24, 2.45) is 0 Å². The molecule has 0 saturated carbocycles. The van der Waals surface area contributed by atoms with Gasteiger partial charge in [-0.1, -0.05) is 35.0 Å². The molecule has 0 amide bonds.